The fraction of sp³-hybridized carbons (Fsp3) is 0.125. The molecule has 0 radical (unpaired) electrons. The highest BCUT2D eigenvalue weighted by Gasteiger charge is 2.08. The largest absolute Gasteiger partial charge is 0.325 e. The molecule has 5 heteroatoms. The zero-order valence-electron chi connectivity index (χ0n) is 11.5. The molecule has 0 heterocycles. The Bertz CT molecular complexity index is 654. The van der Waals surface area contributed by atoms with Gasteiger partial charge in [-0.2, -0.15) is 0 Å². The van der Waals surface area contributed by atoms with E-state index in [1.54, 1.807) is 36.4 Å². The summed E-state index contributed by atoms with van der Waals surface area (Å²) in [5, 5.41) is 6.11. The molecule has 0 aromatic heterocycles. The van der Waals surface area contributed by atoms with E-state index in [-0.39, 0.29) is 18.2 Å². The summed E-state index contributed by atoms with van der Waals surface area (Å²) in [6.45, 7) is 1.42. The lowest BCUT2D eigenvalue weighted by Crippen LogP contribution is -2.16. The molecule has 2 N–H and O–H groups in total. The van der Waals surface area contributed by atoms with E-state index in [2.05, 4.69) is 10.6 Å². The van der Waals surface area contributed by atoms with Crippen molar-refractivity contribution in [3.63, 3.8) is 0 Å². The molecule has 2 aromatic carbocycles. The van der Waals surface area contributed by atoms with Gasteiger partial charge in [-0.3, -0.25) is 9.59 Å². The monoisotopic (exact) mass is 302 g/mol. The van der Waals surface area contributed by atoms with Crippen LogP contribution in [0.2, 0.25) is 5.02 Å². The average molecular weight is 303 g/mol. The van der Waals surface area contributed by atoms with Gasteiger partial charge in [0.05, 0.1) is 17.8 Å². The molecular weight excluding hydrogens is 288 g/mol. The molecule has 21 heavy (non-hydrogen) atoms. The fourth-order valence-corrected chi connectivity index (χ4v) is 2.00. The second-order valence-electron chi connectivity index (χ2n) is 4.58. The molecule has 2 amide bonds. The summed E-state index contributed by atoms with van der Waals surface area (Å²) in [4.78, 5) is 23.2. The molecule has 0 aliphatic heterocycles. The first kappa shape index (κ1) is 15.1. The average Bonchev–Trinajstić information content (AvgIpc) is 2.43. The van der Waals surface area contributed by atoms with E-state index >= 15 is 0 Å². The maximum atomic E-state index is 12.0. The zero-order valence-corrected chi connectivity index (χ0v) is 12.3. The summed E-state index contributed by atoms with van der Waals surface area (Å²) < 4.78 is 0. The van der Waals surface area contributed by atoms with Gasteiger partial charge in [0, 0.05) is 11.9 Å². The van der Waals surface area contributed by atoms with Crippen LogP contribution >= 0.6 is 11.6 Å². The van der Waals surface area contributed by atoms with E-state index < -0.39 is 0 Å². The van der Waals surface area contributed by atoms with Crippen molar-refractivity contribution in [3.05, 3.63) is 59.1 Å². The zero-order chi connectivity index (χ0) is 15.2. The Hall–Kier alpha value is -2.33. The molecule has 0 aliphatic carbocycles. The van der Waals surface area contributed by atoms with Gasteiger partial charge < -0.3 is 10.6 Å². The molecule has 0 saturated carbocycles. The summed E-state index contributed by atoms with van der Waals surface area (Å²) >= 11 is 5.81. The van der Waals surface area contributed by atoms with Gasteiger partial charge in [-0.05, 0) is 29.8 Å². The molecule has 0 saturated heterocycles. The van der Waals surface area contributed by atoms with E-state index in [9.17, 15) is 9.59 Å². The topological polar surface area (TPSA) is 58.2 Å². The summed E-state index contributed by atoms with van der Waals surface area (Å²) in [5.74, 6) is -0.343. The lowest BCUT2D eigenvalue weighted by molar-refractivity contribution is -0.116. The van der Waals surface area contributed by atoms with Gasteiger partial charge in [-0.25, -0.2) is 0 Å². The summed E-state index contributed by atoms with van der Waals surface area (Å²) in [6.07, 6.45) is 0.242. The first-order valence-corrected chi connectivity index (χ1v) is 6.83. The number of hydrogen-bond donors (Lipinski definition) is 2. The Morgan fingerprint density at radius 3 is 2.10 bits per heavy atom. The van der Waals surface area contributed by atoms with Crippen molar-refractivity contribution in [2.24, 2.45) is 0 Å². The Labute approximate surface area is 128 Å². The summed E-state index contributed by atoms with van der Waals surface area (Å²) in [7, 11) is 0. The van der Waals surface area contributed by atoms with Crippen LogP contribution in [0.4, 0.5) is 11.4 Å². The van der Waals surface area contributed by atoms with Gasteiger partial charge in [0.25, 0.3) is 0 Å². The highest BCUT2D eigenvalue weighted by atomic mass is 35.5. The molecule has 0 aliphatic rings. The van der Waals surface area contributed by atoms with E-state index in [1.807, 2.05) is 12.1 Å². The van der Waals surface area contributed by atoms with Crippen molar-refractivity contribution in [1.82, 2.24) is 0 Å². The minimum absolute atomic E-state index is 0.157. The summed E-state index contributed by atoms with van der Waals surface area (Å²) in [6, 6.07) is 14.2. The van der Waals surface area contributed by atoms with E-state index in [1.165, 1.54) is 6.92 Å². The van der Waals surface area contributed by atoms with Crippen LogP contribution in [0.25, 0.3) is 0 Å². The fourth-order valence-electron chi connectivity index (χ4n) is 1.87. The van der Waals surface area contributed by atoms with Crippen LogP contribution in [-0.2, 0) is 16.0 Å². The maximum absolute atomic E-state index is 12.0. The molecule has 0 spiro atoms. The number of carbonyl (C=O) groups excluding carboxylic acids is 2. The highest BCUT2D eigenvalue weighted by molar-refractivity contribution is 6.30. The number of carbonyl (C=O) groups is 2. The van der Waals surface area contributed by atoms with Gasteiger partial charge in [-0.1, -0.05) is 35.9 Å². The minimum Gasteiger partial charge on any atom is -0.325 e. The highest BCUT2D eigenvalue weighted by Crippen LogP contribution is 2.21. The van der Waals surface area contributed by atoms with Crippen LogP contribution < -0.4 is 10.6 Å². The van der Waals surface area contributed by atoms with E-state index in [0.29, 0.717) is 16.4 Å². The molecule has 0 atom stereocenters. The standard InChI is InChI=1S/C16H15ClN2O2/c1-11(20)18-14-4-2-3-5-15(14)19-16(21)10-12-6-8-13(17)9-7-12/h2-9H,10H2,1H3,(H,18,20)(H,19,21). The number of halogens is 1. The molecule has 0 fully saturated rings. The molecule has 0 bridgehead atoms. The van der Waals surface area contributed by atoms with Gasteiger partial charge in [0.15, 0.2) is 0 Å². The molecule has 2 aromatic rings. The smallest absolute Gasteiger partial charge is 0.228 e. The Morgan fingerprint density at radius 1 is 0.952 bits per heavy atom. The first-order valence-electron chi connectivity index (χ1n) is 6.45. The number of anilines is 2. The molecule has 0 unspecified atom stereocenters. The third kappa shape index (κ3) is 4.61. The lowest BCUT2D eigenvalue weighted by Gasteiger charge is -2.11. The van der Waals surface area contributed by atoms with Crippen LogP contribution in [0.3, 0.4) is 0 Å². The van der Waals surface area contributed by atoms with Crippen molar-refractivity contribution < 1.29 is 9.59 Å². The Kier molecular flexibility index (Phi) is 4.95. The molecule has 2 rings (SSSR count). The summed E-state index contributed by atoms with van der Waals surface area (Å²) in [5.41, 5.74) is 2.02. The number of nitrogens with one attached hydrogen (secondary N) is 2. The van der Waals surface area contributed by atoms with Gasteiger partial charge in [0.2, 0.25) is 11.8 Å². The van der Waals surface area contributed by atoms with Crippen LogP contribution in [0.15, 0.2) is 48.5 Å². The molecule has 108 valence electrons. The third-order valence-corrected chi connectivity index (χ3v) is 3.04. The third-order valence-electron chi connectivity index (χ3n) is 2.79. The predicted octanol–water partition coefficient (Wildman–Crippen LogP) is 3.48. The molecule has 4 nitrogen and oxygen atoms in total. The minimum atomic E-state index is -0.186. The van der Waals surface area contributed by atoms with Crippen LogP contribution in [0, 0.1) is 0 Å². The van der Waals surface area contributed by atoms with E-state index in [0.717, 1.165) is 5.56 Å². The second-order valence-corrected chi connectivity index (χ2v) is 5.01. The first-order chi connectivity index (χ1) is 10.0. The van der Waals surface area contributed by atoms with Crippen LogP contribution in [0.1, 0.15) is 12.5 Å². The predicted molar refractivity (Wildman–Crippen MR) is 84.5 cm³/mol. The number of benzene rings is 2. The second kappa shape index (κ2) is 6.90. The quantitative estimate of drug-likeness (QED) is 0.908. The van der Waals surface area contributed by atoms with Crippen LogP contribution in [-0.4, -0.2) is 11.8 Å². The van der Waals surface area contributed by atoms with Gasteiger partial charge in [-0.15, -0.1) is 0 Å². The normalized spacial score (nSPS) is 10.0. The number of hydrogen-bond acceptors (Lipinski definition) is 2. The Balaban J connectivity index is 2.05. The van der Waals surface area contributed by atoms with Crippen molar-refractivity contribution in [2.45, 2.75) is 13.3 Å². The number of rotatable bonds is 4. The maximum Gasteiger partial charge on any atom is 0.228 e. The number of amides is 2. The van der Waals surface area contributed by atoms with Crippen molar-refractivity contribution >= 4 is 34.8 Å². The van der Waals surface area contributed by atoms with Gasteiger partial charge >= 0.3 is 0 Å². The van der Waals surface area contributed by atoms with Crippen LogP contribution in [0.5, 0.6) is 0 Å². The van der Waals surface area contributed by atoms with Crippen molar-refractivity contribution in [1.29, 1.82) is 0 Å². The Morgan fingerprint density at radius 2 is 1.52 bits per heavy atom. The lowest BCUT2D eigenvalue weighted by atomic mass is 10.1. The van der Waals surface area contributed by atoms with E-state index in [4.69, 9.17) is 11.6 Å². The molecular formula is C16H15ClN2O2. The SMILES string of the molecule is CC(=O)Nc1ccccc1NC(=O)Cc1ccc(Cl)cc1. The van der Waals surface area contributed by atoms with Crippen molar-refractivity contribution in [2.75, 3.05) is 10.6 Å². The van der Waals surface area contributed by atoms with Crippen molar-refractivity contribution in [3.8, 4) is 0 Å². The van der Waals surface area contributed by atoms with Gasteiger partial charge in [0.1, 0.15) is 0 Å². The number of para-hydroxylation sites is 2.